The van der Waals surface area contributed by atoms with Crippen LogP contribution in [0.2, 0.25) is 0 Å². The van der Waals surface area contributed by atoms with Crippen molar-refractivity contribution in [3.05, 3.63) is 83.9 Å². The summed E-state index contributed by atoms with van der Waals surface area (Å²) in [4.78, 5) is 0. The van der Waals surface area contributed by atoms with Crippen molar-refractivity contribution in [2.24, 2.45) is 0 Å². The summed E-state index contributed by atoms with van der Waals surface area (Å²) >= 11 is 0. The lowest BCUT2D eigenvalue weighted by atomic mass is 10.0. The van der Waals surface area contributed by atoms with Gasteiger partial charge in [0.25, 0.3) is 0 Å². The maximum absolute atomic E-state index is 10.2. The van der Waals surface area contributed by atoms with Crippen molar-refractivity contribution in [3.63, 3.8) is 0 Å². The molecule has 3 aromatic carbocycles. The van der Waals surface area contributed by atoms with Gasteiger partial charge in [-0.3, -0.25) is 0 Å². The molecule has 1 unspecified atom stereocenters. The van der Waals surface area contributed by atoms with Gasteiger partial charge in [-0.1, -0.05) is 66.4 Å². The smallest absolute Gasteiger partial charge is 0.140 e. The quantitative estimate of drug-likeness (QED) is 0.656. The lowest BCUT2D eigenvalue weighted by Crippen LogP contribution is -1.93. The van der Waals surface area contributed by atoms with Crippen LogP contribution in [0, 0.1) is 11.8 Å². The largest absolute Gasteiger partial charge is 0.376 e. The van der Waals surface area contributed by atoms with E-state index in [0.29, 0.717) is 0 Å². The monoisotopic (exact) mass is 258 g/mol. The van der Waals surface area contributed by atoms with Crippen LogP contribution < -0.4 is 0 Å². The third-order valence-electron chi connectivity index (χ3n) is 3.22. The Morgan fingerprint density at radius 1 is 0.750 bits per heavy atom. The molecule has 0 aliphatic rings. The Morgan fingerprint density at radius 2 is 1.45 bits per heavy atom. The Morgan fingerprint density at radius 3 is 2.25 bits per heavy atom. The van der Waals surface area contributed by atoms with E-state index in [2.05, 4.69) is 17.9 Å². The maximum atomic E-state index is 10.2. The zero-order valence-electron chi connectivity index (χ0n) is 11.0. The molecular weight excluding hydrogens is 244 g/mol. The van der Waals surface area contributed by atoms with Crippen molar-refractivity contribution in [1.82, 2.24) is 0 Å². The van der Waals surface area contributed by atoms with Gasteiger partial charge in [-0.05, 0) is 34.5 Å². The van der Waals surface area contributed by atoms with Crippen molar-refractivity contribution in [2.45, 2.75) is 6.10 Å². The molecule has 0 saturated carbocycles. The molecule has 0 amide bonds. The van der Waals surface area contributed by atoms with Gasteiger partial charge >= 0.3 is 0 Å². The molecule has 0 saturated heterocycles. The van der Waals surface area contributed by atoms with Crippen LogP contribution in [0.25, 0.3) is 10.8 Å². The molecule has 1 atom stereocenters. The second kappa shape index (κ2) is 5.61. The van der Waals surface area contributed by atoms with E-state index in [-0.39, 0.29) is 0 Å². The van der Waals surface area contributed by atoms with E-state index >= 15 is 0 Å². The van der Waals surface area contributed by atoms with E-state index in [1.807, 2.05) is 66.7 Å². The molecular formula is C19H14O. The fraction of sp³-hybridized carbons (Fsp3) is 0.0526. The Bertz CT molecular complexity index is 779. The zero-order valence-corrected chi connectivity index (χ0v) is 11.0. The average Bonchev–Trinajstić information content (AvgIpc) is 2.53. The fourth-order valence-electron chi connectivity index (χ4n) is 2.13. The molecule has 0 radical (unpaired) electrons. The van der Waals surface area contributed by atoms with Crippen LogP contribution in [0.1, 0.15) is 17.2 Å². The number of aliphatic hydroxyl groups excluding tert-OH is 1. The van der Waals surface area contributed by atoms with Gasteiger partial charge in [-0.25, -0.2) is 0 Å². The highest BCUT2D eigenvalue weighted by Gasteiger charge is 2.04. The number of hydrogen-bond acceptors (Lipinski definition) is 1. The molecule has 1 nitrogen and oxygen atoms in total. The van der Waals surface area contributed by atoms with Crippen molar-refractivity contribution >= 4 is 10.8 Å². The molecule has 1 N–H and O–H groups in total. The molecule has 1 heteroatoms. The summed E-state index contributed by atoms with van der Waals surface area (Å²) in [5.41, 5.74) is 1.74. The minimum Gasteiger partial charge on any atom is -0.376 e. The second-order valence-corrected chi connectivity index (χ2v) is 4.64. The van der Waals surface area contributed by atoms with E-state index in [1.54, 1.807) is 0 Å². The third kappa shape index (κ3) is 2.71. The Balaban J connectivity index is 1.89. The van der Waals surface area contributed by atoms with Crippen LogP contribution in [-0.4, -0.2) is 5.11 Å². The SMILES string of the molecule is OC(C#Cc1ccccc1)c1ccc2ccccc2c1. The number of fused-ring (bicyclic) bond motifs is 1. The molecule has 0 fully saturated rings. The van der Waals surface area contributed by atoms with Gasteiger partial charge in [0, 0.05) is 5.56 Å². The van der Waals surface area contributed by atoms with Crippen LogP contribution in [0.3, 0.4) is 0 Å². The summed E-state index contributed by atoms with van der Waals surface area (Å²) in [7, 11) is 0. The third-order valence-corrected chi connectivity index (χ3v) is 3.22. The highest BCUT2D eigenvalue weighted by atomic mass is 16.3. The van der Waals surface area contributed by atoms with Crippen molar-refractivity contribution in [3.8, 4) is 11.8 Å². The molecule has 0 aliphatic carbocycles. The summed E-state index contributed by atoms with van der Waals surface area (Å²) in [6, 6.07) is 23.7. The van der Waals surface area contributed by atoms with E-state index in [1.165, 1.54) is 5.39 Å². The van der Waals surface area contributed by atoms with Crippen LogP contribution in [0.5, 0.6) is 0 Å². The first-order valence-corrected chi connectivity index (χ1v) is 6.56. The van der Waals surface area contributed by atoms with Gasteiger partial charge < -0.3 is 5.11 Å². The minimum absolute atomic E-state index is 0.764. The van der Waals surface area contributed by atoms with E-state index in [0.717, 1.165) is 16.5 Å². The fourth-order valence-corrected chi connectivity index (χ4v) is 2.13. The maximum Gasteiger partial charge on any atom is 0.140 e. The predicted octanol–water partition coefficient (Wildman–Crippen LogP) is 3.92. The van der Waals surface area contributed by atoms with E-state index in [4.69, 9.17) is 0 Å². The standard InChI is InChI=1S/C19H14O/c20-19(13-10-15-6-2-1-3-7-15)18-12-11-16-8-4-5-9-17(16)14-18/h1-9,11-12,14,19-20H. The molecule has 0 spiro atoms. The van der Waals surface area contributed by atoms with Gasteiger partial charge in [0.15, 0.2) is 0 Å². The summed E-state index contributed by atoms with van der Waals surface area (Å²) in [6.45, 7) is 0. The summed E-state index contributed by atoms with van der Waals surface area (Å²) in [5, 5.41) is 12.5. The lowest BCUT2D eigenvalue weighted by molar-refractivity contribution is 0.238. The highest BCUT2D eigenvalue weighted by molar-refractivity contribution is 5.83. The Hall–Kier alpha value is -2.56. The van der Waals surface area contributed by atoms with Gasteiger partial charge in [-0.2, -0.15) is 0 Å². The van der Waals surface area contributed by atoms with Crippen LogP contribution in [-0.2, 0) is 0 Å². The number of benzene rings is 3. The molecule has 0 aromatic heterocycles. The Labute approximate surface area is 118 Å². The van der Waals surface area contributed by atoms with Gasteiger partial charge in [0.1, 0.15) is 6.10 Å². The zero-order chi connectivity index (χ0) is 13.8. The minimum atomic E-state index is -0.764. The predicted molar refractivity (Wildman–Crippen MR) is 82.2 cm³/mol. The van der Waals surface area contributed by atoms with Crippen molar-refractivity contribution < 1.29 is 5.11 Å². The van der Waals surface area contributed by atoms with Crippen molar-refractivity contribution in [1.29, 1.82) is 0 Å². The summed E-state index contributed by atoms with van der Waals surface area (Å²) < 4.78 is 0. The average molecular weight is 258 g/mol. The highest BCUT2D eigenvalue weighted by Crippen LogP contribution is 2.20. The molecule has 3 aromatic rings. The summed E-state index contributed by atoms with van der Waals surface area (Å²) in [5.74, 6) is 5.88. The normalized spacial score (nSPS) is 11.7. The topological polar surface area (TPSA) is 20.2 Å². The van der Waals surface area contributed by atoms with E-state index < -0.39 is 6.10 Å². The first-order chi connectivity index (χ1) is 9.83. The van der Waals surface area contributed by atoms with Gasteiger partial charge in [0.2, 0.25) is 0 Å². The van der Waals surface area contributed by atoms with Gasteiger partial charge in [0.05, 0.1) is 0 Å². The van der Waals surface area contributed by atoms with Crippen molar-refractivity contribution in [2.75, 3.05) is 0 Å². The molecule has 3 rings (SSSR count). The first kappa shape index (κ1) is 12.5. The first-order valence-electron chi connectivity index (χ1n) is 6.56. The molecule has 0 bridgehead atoms. The number of aliphatic hydroxyl groups is 1. The number of rotatable bonds is 1. The van der Waals surface area contributed by atoms with Crippen LogP contribution in [0.4, 0.5) is 0 Å². The molecule has 96 valence electrons. The Kier molecular flexibility index (Phi) is 3.50. The second-order valence-electron chi connectivity index (χ2n) is 4.64. The molecule has 0 aliphatic heterocycles. The summed E-state index contributed by atoms with van der Waals surface area (Å²) in [6.07, 6.45) is -0.764. The van der Waals surface area contributed by atoms with Gasteiger partial charge in [-0.15, -0.1) is 0 Å². The molecule has 20 heavy (non-hydrogen) atoms. The van der Waals surface area contributed by atoms with Crippen LogP contribution in [0.15, 0.2) is 72.8 Å². The van der Waals surface area contributed by atoms with Crippen LogP contribution >= 0.6 is 0 Å². The molecule has 0 heterocycles. The lowest BCUT2D eigenvalue weighted by Gasteiger charge is -2.05. The van der Waals surface area contributed by atoms with E-state index in [9.17, 15) is 5.11 Å². The number of hydrogen-bond donors (Lipinski definition) is 1.